The van der Waals surface area contributed by atoms with Crippen molar-refractivity contribution in [2.75, 3.05) is 31.1 Å². The summed E-state index contributed by atoms with van der Waals surface area (Å²) >= 11 is 6.10. The zero-order valence-electron chi connectivity index (χ0n) is 12.3. The van der Waals surface area contributed by atoms with E-state index in [2.05, 4.69) is 39.1 Å². The first kappa shape index (κ1) is 15.2. The van der Waals surface area contributed by atoms with Crippen LogP contribution >= 0.6 is 11.6 Å². The molecule has 1 fully saturated rings. The van der Waals surface area contributed by atoms with Crippen LogP contribution in [-0.4, -0.2) is 41.0 Å². The van der Waals surface area contributed by atoms with Gasteiger partial charge in [0.25, 0.3) is 0 Å². The molecule has 4 nitrogen and oxygen atoms in total. The predicted octanol–water partition coefficient (Wildman–Crippen LogP) is 2.98. The van der Waals surface area contributed by atoms with E-state index in [1.54, 1.807) is 0 Å². The predicted molar refractivity (Wildman–Crippen MR) is 85.5 cm³/mol. The van der Waals surface area contributed by atoms with Crippen molar-refractivity contribution >= 4 is 17.4 Å². The van der Waals surface area contributed by atoms with Crippen molar-refractivity contribution in [1.29, 1.82) is 0 Å². The maximum atomic E-state index is 13.2. The molecule has 0 N–H and O–H groups in total. The van der Waals surface area contributed by atoms with E-state index in [9.17, 15) is 4.39 Å². The van der Waals surface area contributed by atoms with Gasteiger partial charge in [0, 0.05) is 32.7 Å². The minimum Gasteiger partial charge on any atom is -0.354 e. The molecular weight excluding hydrogens is 303 g/mol. The summed E-state index contributed by atoms with van der Waals surface area (Å²) in [6, 6.07) is 10.4. The van der Waals surface area contributed by atoms with Crippen LogP contribution in [0.25, 0.3) is 0 Å². The van der Waals surface area contributed by atoms with Crippen LogP contribution in [0.1, 0.15) is 12.0 Å². The van der Waals surface area contributed by atoms with Gasteiger partial charge in [-0.3, -0.25) is 4.90 Å². The molecular formula is C16H18ClFN4. The lowest BCUT2D eigenvalue weighted by molar-refractivity contribution is 0.285. The molecule has 0 aliphatic carbocycles. The third-order valence-corrected chi connectivity index (χ3v) is 4.10. The third kappa shape index (κ3) is 3.72. The van der Waals surface area contributed by atoms with E-state index in [4.69, 9.17) is 11.6 Å². The minimum atomic E-state index is -0.732. The molecule has 0 spiro atoms. The molecule has 2 aromatic rings. The molecule has 0 atom stereocenters. The molecule has 0 amide bonds. The fourth-order valence-corrected chi connectivity index (χ4v) is 2.95. The van der Waals surface area contributed by atoms with E-state index in [1.807, 2.05) is 11.0 Å². The Kier molecular flexibility index (Phi) is 4.85. The second-order valence-corrected chi connectivity index (χ2v) is 5.82. The average molecular weight is 321 g/mol. The van der Waals surface area contributed by atoms with Crippen LogP contribution in [-0.2, 0) is 6.54 Å². The number of nitrogens with zero attached hydrogens (tertiary/aromatic N) is 4. The summed E-state index contributed by atoms with van der Waals surface area (Å²) in [6.45, 7) is 4.44. The lowest BCUT2D eigenvalue weighted by Crippen LogP contribution is -2.31. The molecule has 0 unspecified atom stereocenters. The van der Waals surface area contributed by atoms with Crippen LogP contribution in [0.4, 0.5) is 10.2 Å². The molecule has 1 aliphatic heterocycles. The Bertz CT molecular complexity index is 623. The van der Waals surface area contributed by atoms with E-state index in [0.717, 1.165) is 39.1 Å². The lowest BCUT2D eigenvalue weighted by Gasteiger charge is -2.23. The Morgan fingerprint density at radius 3 is 2.73 bits per heavy atom. The monoisotopic (exact) mass is 320 g/mol. The first-order chi connectivity index (χ1) is 10.7. The topological polar surface area (TPSA) is 32.3 Å². The molecule has 6 heteroatoms. The zero-order valence-corrected chi connectivity index (χ0v) is 13.0. The van der Waals surface area contributed by atoms with E-state index >= 15 is 0 Å². The van der Waals surface area contributed by atoms with E-state index in [0.29, 0.717) is 10.8 Å². The number of hydrogen-bond donors (Lipinski definition) is 0. The summed E-state index contributed by atoms with van der Waals surface area (Å²) in [4.78, 5) is 11.8. The Labute approximate surface area is 134 Å². The van der Waals surface area contributed by atoms with Crippen molar-refractivity contribution in [3.05, 3.63) is 53.2 Å². The Morgan fingerprint density at radius 1 is 1.09 bits per heavy atom. The first-order valence-corrected chi connectivity index (χ1v) is 7.79. The van der Waals surface area contributed by atoms with Crippen molar-refractivity contribution < 1.29 is 4.39 Å². The minimum absolute atomic E-state index is 0.401. The second-order valence-electron chi connectivity index (χ2n) is 5.41. The smallest absolute Gasteiger partial charge is 0.310 e. The van der Waals surface area contributed by atoms with Crippen LogP contribution in [0.2, 0.25) is 5.02 Å². The first-order valence-electron chi connectivity index (χ1n) is 7.41. The highest BCUT2D eigenvalue weighted by Crippen LogP contribution is 2.23. The number of halogens is 2. The Hall–Kier alpha value is -1.72. The van der Waals surface area contributed by atoms with Gasteiger partial charge in [-0.2, -0.15) is 9.37 Å². The molecule has 22 heavy (non-hydrogen) atoms. The summed E-state index contributed by atoms with van der Waals surface area (Å²) in [7, 11) is 0. The summed E-state index contributed by atoms with van der Waals surface area (Å²) in [5, 5.41) is 0.401. The molecule has 1 aromatic heterocycles. The third-order valence-electron chi connectivity index (χ3n) is 3.83. The van der Waals surface area contributed by atoms with Crippen LogP contribution in [0, 0.1) is 6.08 Å². The van der Waals surface area contributed by atoms with Gasteiger partial charge in [0.05, 0.1) is 6.20 Å². The van der Waals surface area contributed by atoms with E-state index < -0.39 is 6.08 Å². The molecule has 0 radical (unpaired) electrons. The highest BCUT2D eigenvalue weighted by Gasteiger charge is 2.19. The average Bonchev–Trinajstić information content (AvgIpc) is 2.76. The van der Waals surface area contributed by atoms with Crippen LogP contribution in [0.3, 0.4) is 0 Å². The molecule has 1 aliphatic rings. The van der Waals surface area contributed by atoms with Crippen molar-refractivity contribution in [1.82, 2.24) is 14.9 Å². The van der Waals surface area contributed by atoms with Gasteiger partial charge >= 0.3 is 6.08 Å². The van der Waals surface area contributed by atoms with Crippen LogP contribution in [0.15, 0.2) is 36.5 Å². The summed E-state index contributed by atoms with van der Waals surface area (Å²) in [5.41, 5.74) is 1.31. The van der Waals surface area contributed by atoms with E-state index in [1.165, 1.54) is 11.8 Å². The quantitative estimate of drug-likeness (QED) is 0.814. The molecule has 1 aromatic carbocycles. The number of benzene rings is 1. The fraction of sp³-hybridized carbons (Fsp3) is 0.375. The van der Waals surface area contributed by atoms with Gasteiger partial charge in [-0.25, -0.2) is 4.98 Å². The Morgan fingerprint density at radius 2 is 1.91 bits per heavy atom. The van der Waals surface area contributed by atoms with Gasteiger partial charge in [0.15, 0.2) is 5.82 Å². The molecule has 0 saturated carbocycles. The fourth-order valence-electron chi connectivity index (χ4n) is 2.74. The molecule has 1 saturated heterocycles. The molecule has 2 heterocycles. The molecule has 3 rings (SSSR count). The summed E-state index contributed by atoms with van der Waals surface area (Å²) in [6.07, 6.45) is 1.59. The lowest BCUT2D eigenvalue weighted by atomic mass is 10.2. The standard InChI is InChI=1S/C16H18ClFN4/c17-14-11-19-16(18)20-15(14)22-8-4-7-21(9-10-22)12-13-5-2-1-3-6-13/h1-3,5-6,11H,4,7-10,12H2. The summed E-state index contributed by atoms with van der Waals surface area (Å²) in [5.74, 6) is 0.496. The normalized spacial score (nSPS) is 16.5. The Balaban J connectivity index is 1.66. The zero-order chi connectivity index (χ0) is 15.4. The largest absolute Gasteiger partial charge is 0.354 e. The van der Waals surface area contributed by atoms with Gasteiger partial charge in [0.1, 0.15) is 5.02 Å². The highest BCUT2D eigenvalue weighted by molar-refractivity contribution is 6.32. The number of rotatable bonds is 3. The molecule has 0 bridgehead atoms. The van der Waals surface area contributed by atoms with Crippen LogP contribution < -0.4 is 4.90 Å². The number of hydrogen-bond acceptors (Lipinski definition) is 4. The van der Waals surface area contributed by atoms with Crippen molar-refractivity contribution in [3.63, 3.8) is 0 Å². The highest BCUT2D eigenvalue weighted by atomic mass is 35.5. The number of anilines is 1. The van der Waals surface area contributed by atoms with Gasteiger partial charge in [-0.15, -0.1) is 0 Å². The summed E-state index contributed by atoms with van der Waals surface area (Å²) < 4.78 is 13.2. The van der Waals surface area contributed by atoms with E-state index in [-0.39, 0.29) is 0 Å². The van der Waals surface area contributed by atoms with Gasteiger partial charge in [-0.05, 0) is 12.0 Å². The van der Waals surface area contributed by atoms with Gasteiger partial charge < -0.3 is 4.90 Å². The van der Waals surface area contributed by atoms with Crippen molar-refractivity contribution in [3.8, 4) is 0 Å². The number of aromatic nitrogens is 2. The van der Waals surface area contributed by atoms with Gasteiger partial charge in [0.2, 0.25) is 0 Å². The van der Waals surface area contributed by atoms with Crippen molar-refractivity contribution in [2.45, 2.75) is 13.0 Å². The van der Waals surface area contributed by atoms with Crippen LogP contribution in [0.5, 0.6) is 0 Å². The van der Waals surface area contributed by atoms with Gasteiger partial charge in [-0.1, -0.05) is 41.9 Å². The maximum absolute atomic E-state index is 13.2. The van der Waals surface area contributed by atoms with Crippen molar-refractivity contribution in [2.24, 2.45) is 0 Å². The second kappa shape index (κ2) is 7.03. The SMILES string of the molecule is Fc1ncc(Cl)c(N2CCCN(Cc3ccccc3)CC2)n1. The molecule has 116 valence electrons. The maximum Gasteiger partial charge on any atom is 0.310 e.